The summed E-state index contributed by atoms with van der Waals surface area (Å²) < 4.78 is 21.1. The van der Waals surface area contributed by atoms with E-state index in [-0.39, 0.29) is 23.2 Å². The predicted molar refractivity (Wildman–Crippen MR) is 159 cm³/mol. The van der Waals surface area contributed by atoms with Crippen molar-refractivity contribution in [3.63, 3.8) is 0 Å². The Kier molecular flexibility index (Phi) is 8.05. The molecule has 0 bridgehead atoms. The van der Waals surface area contributed by atoms with Crippen LogP contribution in [0.25, 0.3) is 0 Å². The second-order valence-corrected chi connectivity index (χ2v) is 11.8. The zero-order valence-corrected chi connectivity index (χ0v) is 24.1. The van der Waals surface area contributed by atoms with Gasteiger partial charge in [0.25, 0.3) is 11.8 Å². The molecule has 0 unspecified atom stereocenters. The number of carboxylic acids is 1. The summed E-state index contributed by atoms with van der Waals surface area (Å²) in [4.78, 5) is 46.6. The number of amides is 2. The number of rotatable bonds is 8. The van der Waals surface area contributed by atoms with E-state index >= 15 is 4.39 Å². The van der Waals surface area contributed by atoms with E-state index < -0.39 is 29.5 Å². The molecule has 0 spiro atoms. The van der Waals surface area contributed by atoms with Gasteiger partial charge in [-0.2, -0.15) is 0 Å². The third-order valence-electron chi connectivity index (χ3n) is 8.69. The average molecular weight is 590 g/mol. The van der Waals surface area contributed by atoms with Crippen LogP contribution < -0.4 is 20.4 Å². The van der Waals surface area contributed by atoms with Gasteiger partial charge in [0, 0.05) is 49.9 Å². The molecule has 1 saturated heterocycles. The van der Waals surface area contributed by atoms with E-state index in [1.807, 2.05) is 17.0 Å². The number of benzene rings is 2. The monoisotopic (exact) mass is 589 g/mol. The summed E-state index contributed by atoms with van der Waals surface area (Å²) in [6, 6.07) is 10.5. The van der Waals surface area contributed by atoms with Crippen molar-refractivity contribution in [1.29, 1.82) is 0 Å². The van der Waals surface area contributed by atoms with Crippen LogP contribution in [0.5, 0.6) is 0 Å². The van der Waals surface area contributed by atoms with Crippen molar-refractivity contribution in [3.05, 3.63) is 71.2 Å². The Balaban J connectivity index is 1.24. The number of oxazole rings is 1. The Morgan fingerprint density at radius 1 is 0.977 bits per heavy atom. The van der Waals surface area contributed by atoms with E-state index in [9.17, 15) is 19.5 Å². The summed E-state index contributed by atoms with van der Waals surface area (Å²) in [6.45, 7) is 4.63. The molecule has 0 radical (unpaired) electrons. The lowest BCUT2D eigenvalue weighted by molar-refractivity contribution is -0.143. The lowest BCUT2D eigenvalue weighted by Gasteiger charge is -2.38. The number of hydrogen-bond donors (Lipinski definition) is 3. The largest absolute Gasteiger partial charge is 0.481 e. The summed E-state index contributed by atoms with van der Waals surface area (Å²) >= 11 is 0. The summed E-state index contributed by atoms with van der Waals surface area (Å²) in [5.74, 6) is -2.52. The molecular formula is C32H36FN5O5. The van der Waals surface area contributed by atoms with Gasteiger partial charge in [-0.1, -0.05) is 24.6 Å². The molecule has 3 N–H and O–H groups in total. The number of halogens is 1. The van der Waals surface area contributed by atoms with Gasteiger partial charge in [0.1, 0.15) is 12.1 Å². The van der Waals surface area contributed by atoms with Crippen LogP contribution in [0.15, 0.2) is 47.1 Å². The maximum atomic E-state index is 15.6. The number of nitrogens with zero attached hydrogens (tertiary/aromatic N) is 3. The minimum atomic E-state index is -0.889. The van der Waals surface area contributed by atoms with Gasteiger partial charge in [0.2, 0.25) is 0 Å². The number of hydrogen-bond acceptors (Lipinski definition) is 7. The second kappa shape index (κ2) is 12.1. The van der Waals surface area contributed by atoms with Crippen LogP contribution >= 0.6 is 0 Å². The fraction of sp³-hybridized carbons (Fsp3) is 0.438. The van der Waals surface area contributed by atoms with Gasteiger partial charge in [0.15, 0.2) is 11.6 Å². The van der Waals surface area contributed by atoms with Crippen molar-refractivity contribution in [3.8, 4) is 0 Å². The molecular weight excluding hydrogens is 553 g/mol. The fourth-order valence-corrected chi connectivity index (χ4v) is 6.11. The first kappa shape index (κ1) is 28.7. The molecule has 2 saturated carbocycles. The lowest BCUT2D eigenvalue weighted by Crippen LogP contribution is -2.47. The first-order valence-electron chi connectivity index (χ1n) is 15.0. The smallest absolute Gasteiger partial charge is 0.306 e. The van der Waals surface area contributed by atoms with Gasteiger partial charge >= 0.3 is 5.97 Å². The Morgan fingerprint density at radius 3 is 2.40 bits per heavy atom. The predicted octanol–water partition coefficient (Wildman–Crippen LogP) is 4.95. The molecule has 3 aliphatic rings. The molecule has 10 nitrogen and oxygen atoms in total. The first-order chi connectivity index (χ1) is 20.8. The molecule has 226 valence electrons. The minimum absolute atomic E-state index is 0.120. The minimum Gasteiger partial charge on any atom is -0.481 e. The molecule has 3 aromatic rings. The molecule has 1 aliphatic heterocycles. The first-order valence-corrected chi connectivity index (χ1v) is 15.0. The van der Waals surface area contributed by atoms with E-state index in [0.717, 1.165) is 18.5 Å². The molecule has 1 aromatic heterocycles. The quantitative estimate of drug-likeness (QED) is 0.337. The number of para-hydroxylation sites is 1. The van der Waals surface area contributed by atoms with E-state index in [0.29, 0.717) is 69.1 Å². The molecule has 6 rings (SSSR count). The van der Waals surface area contributed by atoms with Gasteiger partial charge in [0.05, 0.1) is 22.9 Å². The maximum Gasteiger partial charge on any atom is 0.306 e. The number of aliphatic carboxylic acids is 1. The van der Waals surface area contributed by atoms with Crippen LogP contribution in [-0.2, 0) is 4.79 Å². The maximum absolute atomic E-state index is 15.6. The van der Waals surface area contributed by atoms with E-state index in [2.05, 4.69) is 39.6 Å². The summed E-state index contributed by atoms with van der Waals surface area (Å²) in [5, 5.41) is 15.1. The highest BCUT2D eigenvalue weighted by atomic mass is 19.1. The van der Waals surface area contributed by atoms with Crippen LogP contribution in [0.1, 0.15) is 76.7 Å². The molecule has 3 fully saturated rings. The summed E-state index contributed by atoms with van der Waals surface area (Å²) in [5.41, 5.74) is 3.00. The normalized spacial score (nSPS) is 20.5. The van der Waals surface area contributed by atoms with E-state index in [1.165, 1.54) is 24.0 Å². The van der Waals surface area contributed by atoms with Gasteiger partial charge in [-0.15, -0.1) is 0 Å². The third kappa shape index (κ3) is 6.35. The highest BCUT2D eigenvalue weighted by Gasteiger charge is 2.31. The summed E-state index contributed by atoms with van der Waals surface area (Å²) in [6.07, 6.45) is 5.42. The standard InChI is InChI=1S/C32H36FN5O5/c1-19-5-2-3-8-27(19)37-11-13-38(14-12-37)28-17-24(33)23(29(39)34-22-7-4-6-21(15-22)32(41)42)16-25(28)35-30(40)26-18-43-31(36-26)20-9-10-20/h2-3,5,8,16-18,20-22H,4,6-7,9-15H2,1H3,(H,34,39)(H,35,40)(H,41,42)/t21-,22+/m1/s1. The van der Waals surface area contributed by atoms with Crippen molar-refractivity contribution in [2.75, 3.05) is 41.3 Å². The average Bonchev–Trinajstić information content (AvgIpc) is 3.74. The molecule has 2 heterocycles. The lowest BCUT2D eigenvalue weighted by atomic mass is 9.85. The number of carbonyl (C=O) groups is 3. The molecule has 43 heavy (non-hydrogen) atoms. The van der Waals surface area contributed by atoms with E-state index in [1.54, 1.807) is 0 Å². The van der Waals surface area contributed by atoms with Crippen molar-refractivity contribution in [2.45, 2.75) is 57.4 Å². The zero-order chi connectivity index (χ0) is 30.1. The van der Waals surface area contributed by atoms with Crippen LogP contribution in [0.3, 0.4) is 0 Å². The number of piperazine rings is 1. The van der Waals surface area contributed by atoms with Gasteiger partial charge in [-0.05, 0) is 56.7 Å². The Labute approximate surface area is 249 Å². The van der Waals surface area contributed by atoms with Crippen LogP contribution in [0, 0.1) is 18.7 Å². The van der Waals surface area contributed by atoms with Crippen molar-refractivity contribution in [2.24, 2.45) is 5.92 Å². The van der Waals surface area contributed by atoms with Crippen LogP contribution in [0.2, 0.25) is 0 Å². The number of aromatic nitrogens is 1. The number of aryl methyl sites for hydroxylation is 1. The van der Waals surface area contributed by atoms with Gasteiger partial charge in [-0.3, -0.25) is 14.4 Å². The van der Waals surface area contributed by atoms with E-state index in [4.69, 9.17) is 4.42 Å². The van der Waals surface area contributed by atoms with Crippen molar-refractivity contribution < 1.29 is 28.3 Å². The number of anilines is 3. The molecule has 2 atom stereocenters. The molecule has 2 aromatic carbocycles. The van der Waals surface area contributed by atoms with Gasteiger partial charge < -0.3 is 30.0 Å². The number of carbonyl (C=O) groups excluding carboxylic acids is 2. The fourth-order valence-electron chi connectivity index (χ4n) is 6.11. The zero-order valence-electron chi connectivity index (χ0n) is 24.1. The SMILES string of the molecule is Cc1ccccc1N1CCN(c2cc(F)c(C(=O)N[C@H]3CCC[C@@H](C(=O)O)C3)cc2NC(=O)c2coc(C3CC3)n2)CC1. The number of nitrogens with one attached hydrogen (secondary N) is 2. The second-order valence-electron chi connectivity index (χ2n) is 11.8. The Bertz CT molecular complexity index is 1530. The van der Waals surface area contributed by atoms with Crippen molar-refractivity contribution in [1.82, 2.24) is 10.3 Å². The van der Waals surface area contributed by atoms with Crippen molar-refractivity contribution >= 4 is 34.8 Å². The summed E-state index contributed by atoms with van der Waals surface area (Å²) in [7, 11) is 0. The third-order valence-corrected chi connectivity index (χ3v) is 8.69. The van der Waals surface area contributed by atoms with Crippen LogP contribution in [-0.4, -0.2) is 60.1 Å². The molecule has 11 heteroatoms. The topological polar surface area (TPSA) is 128 Å². The molecule has 2 amide bonds. The Hall–Kier alpha value is -4.41. The number of carboxylic acid groups (broad SMARTS) is 1. The van der Waals surface area contributed by atoms with Gasteiger partial charge in [-0.25, -0.2) is 9.37 Å². The molecule has 2 aliphatic carbocycles. The highest BCUT2D eigenvalue weighted by molar-refractivity contribution is 6.06. The Morgan fingerprint density at radius 2 is 1.70 bits per heavy atom. The highest BCUT2D eigenvalue weighted by Crippen LogP contribution is 2.39. The van der Waals surface area contributed by atoms with Crippen LogP contribution in [0.4, 0.5) is 21.5 Å².